The third kappa shape index (κ3) is 6.22. The molecule has 0 aliphatic heterocycles. The van der Waals surface area contributed by atoms with Crippen molar-refractivity contribution >= 4 is 0 Å². The number of rotatable bonds is 9. The van der Waals surface area contributed by atoms with E-state index in [1.54, 1.807) is 0 Å². The highest BCUT2D eigenvalue weighted by Crippen LogP contribution is 2.39. The van der Waals surface area contributed by atoms with Gasteiger partial charge >= 0.3 is 0 Å². The van der Waals surface area contributed by atoms with Crippen molar-refractivity contribution in [3.63, 3.8) is 0 Å². The van der Waals surface area contributed by atoms with Crippen LogP contribution in [0.25, 0.3) is 11.1 Å². The molecule has 0 atom stereocenters. The first kappa shape index (κ1) is 23.5. The van der Waals surface area contributed by atoms with Gasteiger partial charge in [0.05, 0.1) is 12.8 Å². The van der Waals surface area contributed by atoms with E-state index >= 15 is 0 Å². The monoisotopic (exact) mass is 436 g/mol. The van der Waals surface area contributed by atoms with Crippen LogP contribution in [-0.4, -0.2) is 19.4 Å². The minimum absolute atomic E-state index is 0.153. The quantitative estimate of drug-likeness (QED) is 0.357. The van der Waals surface area contributed by atoms with E-state index in [1.807, 2.05) is 0 Å². The molecule has 2 heteroatoms. The molecule has 0 N–H and O–H groups in total. The molecule has 4 rings (SSSR count). The Labute approximate surface area is 194 Å². The Kier molecular flexibility index (Phi) is 8.79. The van der Waals surface area contributed by atoms with Gasteiger partial charge in [0.15, 0.2) is 0 Å². The van der Waals surface area contributed by atoms with Crippen LogP contribution in [0.15, 0.2) is 48.5 Å². The SMILES string of the molecule is CCO[C@H]1CC[C@H](c2ccc(-c3ccc([C@H]4CC[C@H](CCCCF)CC4)cc3)cc2)CC1. The van der Waals surface area contributed by atoms with Gasteiger partial charge in [0, 0.05) is 6.61 Å². The number of hydrogen-bond donors (Lipinski definition) is 0. The maximum Gasteiger partial charge on any atom is 0.0894 e. The van der Waals surface area contributed by atoms with E-state index in [-0.39, 0.29) is 6.67 Å². The molecule has 0 amide bonds. The van der Waals surface area contributed by atoms with Gasteiger partial charge in [-0.25, -0.2) is 0 Å². The summed E-state index contributed by atoms with van der Waals surface area (Å²) in [5.41, 5.74) is 5.63. The Balaban J connectivity index is 1.29. The molecule has 0 spiro atoms. The van der Waals surface area contributed by atoms with Crippen molar-refractivity contribution in [2.24, 2.45) is 5.92 Å². The number of hydrogen-bond acceptors (Lipinski definition) is 1. The molecule has 0 aromatic heterocycles. The van der Waals surface area contributed by atoms with E-state index in [9.17, 15) is 4.39 Å². The first-order valence-corrected chi connectivity index (χ1v) is 13.1. The van der Waals surface area contributed by atoms with Crippen LogP contribution >= 0.6 is 0 Å². The highest BCUT2D eigenvalue weighted by molar-refractivity contribution is 5.64. The summed E-state index contributed by atoms with van der Waals surface area (Å²) in [4.78, 5) is 0. The summed E-state index contributed by atoms with van der Waals surface area (Å²) in [7, 11) is 0. The molecule has 2 fully saturated rings. The minimum atomic E-state index is -0.153. The van der Waals surface area contributed by atoms with Gasteiger partial charge in [-0.1, -0.05) is 61.4 Å². The second-order valence-corrected chi connectivity index (χ2v) is 10.1. The fourth-order valence-corrected chi connectivity index (χ4v) is 6.01. The molecule has 2 aromatic carbocycles. The molecule has 0 unspecified atom stereocenters. The van der Waals surface area contributed by atoms with Crippen LogP contribution in [0.3, 0.4) is 0 Å². The predicted molar refractivity (Wildman–Crippen MR) is 133 cm³/mol. The summed E-state index contributed by atoms with van der Waals surface area (Å²) in [6.07, 6.45) is 13.6. The maximum atomic E-state index is 12.3. The molecule has 0 radical (unpaired) electrons. The van der Waals surface area contributed by atoms with E-state index < -0.39 is 0 Å². The lowest BCUT2D eigenvalue weighted by atomic mass is 9.77. The zero-order chi connectivity index (χ0) is 22.2. The van der Waals surface area contributed by atoms with Crippen molar-refractivity contribution in [2.45, 2.75) is 95.5 Å². The first-order valence-electron chi connectivity index (χ1n) is 13.1. The van der Waals surface area contributed by atoms with Gasteiger partial charge in [0.2, 0.25) is 0 Å². The second kappa shape index (κ2) is 12.0. The Bertz CT molecular complexity index is 781. The standard InChI is InChI=1S/C30H41FO/c1-2-32-30-20-18-29(19-21-30)28-16-14-27(15-17-28)26-12-10-25(11-13-26)24-8-6-23(7-9-24)5-3-4-22-31/h10-17,23-24,29-30H,2-9,18-22H2,1H3/t23-,24-,29-,30-. The molecule has 32 heavy (non-hydrogen) atoms. The van der Waals surface area contributed by atoms with Gasteiger partial charge in [-0.05, 0) is 105 Å². The van der Waals surface area contributed by atoms with Gasteiger partial charge in [-0.3, -0.25) is 4.39 Å². The average molecular weight is 437 g/mol. The number of benzene rings is 2. The van der Waals surface area contributed by atoms with Crippen LogP contribution in [0.2, 0.25) is 0 Å². The summed E-state index contributed by atoms with van der Waals surface area (Å²) in [5, 5.41) is 0. The van der Waals surface area contributed by atoms with Crippen LogP contribution in [0, 0.1) is 5.92 Å². The third-order valence-electron chi connectivity index (χ3n) is 8.02. The van der Waals surface area contributed by atoms with Gasteiger partial charge in [-0.2, -0.15) is 0 Å². The van der Waals surface area contributed by atoms with Crippen LogP contribution in [0.1, 0.15) is 101 Å². The number of unbranched alkanes of at least 4 members (excludes halogenated alkanes) is 1. The number of halogens is 1. The molecular formula is C30H41FO. The Morgan fingerprint density at radius 3 is 1.66 bits per heavy atom. The molecular weight excluding hydrogens is 395 g/mol. The molecule has 2 aliphatic rings. The van der Waals surface area contributed by atoms with E-state index in [2.05, 4.69) is 55.5 Å². The zero-order valence-corrected chi connectivity index (χ0v) is 19.9. The Morgan fingerprint density at radius 2 is 1.19 bits per heavy atom. The summed E-state index contributed by atoms with van der Waals surface area (Å²) in [6.45, 7) is 2.78. The van der Waals surface area contributed by atoms with Crippen molar-refractivity contribution < 1.29 is 9.13 Å². The summed E-state index contributed by atoms with van der Waals surface area (Å²) < 4.78 is 18.1. The van der Waals surface area contributed by atoms with Crippen LogP contribution in [-0.2, 0) is 4.74 Å². The highest BCUT2D eigenvalue weighted by Gasteiger charge is 2.23. The van der Waals surface area contributed by atoms with Gasteiger partial charge in [0.1, 0.15) is 0 Å². The largest absolute Gasteiger partial charge is 0.379 e. The van der Waals surface area contributed by atoms with Gasteiger partial charge < -0.3 is 4.74 Å². The lowest BCUT2D eigenvalue weighted by Crippen LogP contribution is -2.20. The maximum absolute atomic E-state index is 12.3. The van der Waals surface area contributed by atoms with Crippen molar-refractivity contribution in [3.05, 3.63) is 59.7 Å². The van der Waals surface area contributed by atoms with Gasteiger partial charge in [0.25, 0.3) is 0 Å². The van der Waals surface area contributed by atoms with Crippen LogP contribution in [0.5, 0.6) is 0 Å². The molecule has 174 valence electrons. The van der Waals surface area contributed by atoms with E-state index in [4.69, 9.17) is 4.74 Å². The molecule has 0 heterocycles. The third-order valence-corrected chi connectivity index (χ3v) is 8.02. The second-order valence-electron chi connectivity index (χ2n) is 10.1. The average Bonchev–Trinajstić information content (AvgIpc) is 2.86. The minimum Gasteiger partial charge on any atom is -0.379 e. The molecule has 0 bridgehead atoms. The lowest BCUT2D eigenvalue weighted by molar-refractivity contribution is 0.0328. The van der Waals surface area contributed by atoms with Gasteiger partial charge in [-0.15, -0.1) is 0 Å². The molecule has 2 saturated carbocycles. The molecule has 2 aliphatic carbocycles. The molecule has 1 nitrogen and oxygen atoms in total. The van der Waals surface area contributed by atoms with E-state index in [0.29, 0.717) is 17.9 Å². The summed E-state index contributed by atoms with van der Waals surface area (Å²) >= 11 is 0. The smallest absolute Gasteiger partial charge is 0.0894 e. The van der Waals surface area contributed by atoms with E-state index in [0.717, 1.165) is 25.4 Å². The fourth-order valence-electron chi connectivity index (χ4n) is 6.01. The Hall–Kier alpha value is -1.67. The summed E-state index contributed by atoms with van der Waals surface area (Å²) in [6, 6.07) is 18.6. The van der Waals surface area contributed by atoms with Crippen molar-refractivity contribution in [3.8, 4) is 11.1 Å². The highest BCUT2D eigenvalue weighted by atomic mass is 19.1. The van der Waals surface area contributed by atoms with E-state index in [1.165, 1.54) is 80.0 Å². The Morgan fingerprint density at radius 1 is 0.688 bits per heavy atom. The predicted octanol–water partition coefficient (Wildman–Crippen LogP) is 8.83. The number of alkyl halides is 1. The summed E-state index contributed by atoms with van der Waals surface area (Å²) in [5.74, 6) is 2.22. The van der Waals surface area contributed by atoms with Crippen LogP contribution in [0.4, 0.5) is 4.39 Å². The first-order chi connectivity index (χ1) is 15.8. The topological polar surface area (TPSA) is 9.23 Å². The van der Waals surface area contributed by atoms with Crippen molar-refractivity contribution in [1.82, 2.24) is 0 Å². The lowest BCUT2D eigenvalue weighted by Gasteiger charge is -2.29. The van der Waals surface area contributed by atoms with Crippen molar-refractivity contribution in [2.75, 3.05) is 13.3 Å². The fraction of sp³-hybridized carbons (Fsp3) is 0.600. The normalized spacial score (nSPS) is 26.2. The zero-order valence-electron chi connectivity index (χ0n) is 19.9. The van der Waals surface area contributed by atoms with Crippen LogP contribution < -0.4 is 0 Å². The number of ether oxygens (including phenoxy) is 1. The molecule has 2 aromatic rings. The van der Waals surface area contributed by atoms with Crippen molar-refractivity contribution in [1.29, 1.82) is 0 Å². The molecule has 0 saturated heterocycles.